The maximum absolute atomic E-state index is 11.4. The summed E-state index contributed by atoms with van der Waals surface area (Å²) in [5.74, 6) is -0.441. The first kappa shape index (κ1) is 11.6. The monoisotopic (exact) mass is 248 g/mol. The fourth-order valence-corrected chi connectivity index (χ4v) is 1.85. The normalized spacial score (nSPS) is 10.2. The van der Waals surface area contributed by atoms with Crippen molar-refractivity contribution in [3.05, 3.63) is 47.5 Å². The summed E-state index contributed by atoms with van der Waals surface area (Å²) in [5.41, 5.74) is 0.778. The van der Waals surface area contributed by atoms with Gasteiger partial charge in [-0.15, -0.1) is 0 Å². The predicted molar refractivity (Wildman–Crippen MR) is 65.5 cm³/mol. The molecule has 0 spiro atoms. The molecule has 3 nitrogen and oxygen atoms in total. The Morgan fingerprint density at radius 1 is 1.18 bits per heavy atom. The first-order chi connectivity index (χ1) is 8.13. The molecule has 2 rings (SSSR count). The maximum atomic E-state index is 11.4. The van der Waals surface area contributed by atoms with E-state index in [4.69, 9.17) is 11.6 Å². The van der Waals surface area contributed by atoms with Gasteiger partial charge in [0.05, 0.1) is 12.7 Å². The van der Waals surface area contributed by atoms with E-state index in [9.17, 15) is 9.59 Å². The van der Waals surface area contributed by atoms with Gasteiger partial charge in [-0.3, -0.25) is 4.79 Å². The SMILES string of the molecule is COC(=O)c1ccc2cccc(C(=O)Cl)c2c1. The van der Waals surface area contributed by atoms with E-state index in [2.05, 4.69) is 4.74 Å². The van der Waals surface area contributed by atoms with Crippen molar-refractivity contribution in [3.8, 4) is 0 Å². The summed E-state index contributed by atoms with van der Waals surface area (Å²) in [6.45, 7) is 0. The average Bonchev–Trinajstić information content (AvgIpc) is 2.36. The Bertz CT molecular complexity index is 605. The van der Waals surface area contributed by atoms with Crippen molar-refractivity contribution < 1.29 is 14.3 Å². The molecule has 2 aromatic rings. The molecule has 0 bridgehead atoms. The van der Waals surface area contributed by atoms with Gasteiger partial charge >= 0.3 is 5.97 Å². The van der Waals surface area contributed by atoms with Gasteiger partial charge in [0.25, 0.3) is 5.24 Å². The van der Waals surface area contributed by atoms with Crippen molar-refractivity contribution in [2.75, 3.05) is 7.11 Å². The molecule has 0 N–H and O–H groups in total. The standard InChI is InChI=1S/C13H9ClO3/c1-17-13(16)9-6-5-8-3-2-4-10(12(14)15)11(8)7-9/h2-7H,1H3. The first-order valence-corrected chi connectivity index (χ1v) is 5.32. The Morgan fingerprint density at radius 2 is 1.94 bits per heavy atom. The molecule has 0 aromatic heterocycles. The molecule has 2 aromatic carbocycles. The van der Waals surface area contributed by atoms with Crippen LogP contribution >= 0.6 is 11.6 Å². The van der Waals surface area contributed by atoms with Crippen molar-refractivity contribution in [2.24, 2.45) is 0 Å². The number of ether oxygens (including phenoxy) is 1. The van der Waals surface area contributed by atoms with Crippen LogP contribution in [0, 0.1) is 0 Å². The Labute approximate surface area is 103 Å². The summed E-state index contributed by atoms with van der Waals surface area (Å²) in [7, 11) is 1.31. The molecule has 0 heterocycles. The second-order valence-corrected chi connectivity index (χ2v) is 3.85. The molecule has 0 unspecified atom stereocenters. The summed E-state index contributed by atoms with van der Waals surface area (Å²) in [6.07, 6.45) is 0. The van der Waals surface area contributed by atoms with Crippen LogP contribution in [0.4, 0.5) is 0 Å². The van der Waals surface area contributed by atoms with Gasteiger partial charge in [-0.1, -0.05) is 18.2 Å². The molecule has 86 valence electrons. The van der Waals surface area contributed by atoms with Gasteiger partial charge in [0.15, 0.2) is 0 Å². The Balaban J connectivity index is 2.70. The molecule has 0 saturated carbocycles. The van der Waals surface area contributed by atoms with E-state index in [1.165, 1.54) is 7.11 Å². The fourth-order valence-electron chi connectivity index (χ4n) is 1.69. The van der Waals surface area contributed by atoms with Gasteiger partial charge in [-0.2, -0.15) is 0 Å². The molecular weight excluding hydrogens is 240 g/mol. The second-order valence-electron chi connectivity index (χ2n) is 3.51. The third-order valence-electron chi connectivity index (χ3n) is 2.51. The number of esters is 1. The van der Waals surface area contributed by atoms with Crippen LogP contribution in [0.3, 0.4) is 0 Å². The zero-order chi connectivity index (χ0) is 12.4. The molecule has 0 aliphatic rings. The number of halogens is 1. The Hall–Kier alpha value is -1.87. The van der Waals surface area contributed by atoms with Gasteiger partial charge in [-0.25, -0.2) is 4.79 Å². The number of rotatable bonds is 2. The number of hydrogen-bond acceptors (Lipinski definition) is 3. The number of methoxy groups -OCH3 is 1. The number of hydrogen-bond donors (Lipinski definition) is 0. The molecule has 0 fully saturated rings. The first-order valence-electron chi connectivity index (χ1n) is 4.94. The van der Waals surface area contributed by atoms with Crippen LogP contribution < -0.4 is 0 Å². The van der Waals surface area contributed by atoms with Gasteiger partial charge in [0.2, 0.25) is 0 Å². The lowest BCUT2D eigenvalue weighted by atomic mass is 10.0. The maximum Gasteiger partial charge on any atom is 0.337 e. The number of carbonyl (C=O) groups excluding carboxylic acids is 2. The largest absolute Gasteiger partial charge is 0.465 e. The van der Waals surface area contributed by atoms with Gasteiger partial charge in [-0.05, 0) is 40.6 Å². The van der Waals surface area contributed by atoms with E-state index in [0.717, 1.165) is 5.39 Å². The van der Waals surface area contributed by atoms with E-state index in [0.29, 0.717) is 16.5 Å². The molecule has 0 aliphatic carbocycles. The molecule has 4 heteroatoms. The minimum Gasteiger partial charge on any atom is -0.465 e. The van der Waals surface area contributed by atoms with E-state index < -0.39 is 11.2 Å². The van der Waals surface area contributed by atoms with Crippen molar-refractivity contribution in [3.63, 3.8) is 0 Å². The van der Waals surface area contributed by atoms with Gasteiger partial charge in [0.1, 0.15) is 0 Å². The van der Waals surface area contributed by atoms with E-state index in [1.807, 2.05) is 6.07 Å². The predicted octanol–water partition coefficient (Wildman–Crippen LogP) is 3.01. The molecule has 0 aliphatic heterocycles. The summed E-state index contributed by atoms with van der Waals surface area (Å²) in [5, 5.41) is 0.956. The molecule has 17 heavy (non-hydrogen) atoms. The lowest BCUT2D eigenvalue weighted by Crippen LogP contribution is -2.01. The number of carbonyl (C=O) groups is 2. The summed E-state index contributed by atoms with van der Waals surface area (Å²) < 4.78 is 4.63. The van der Waals surface area contributed by atoms with Crippen LogP contribution in [0.25, 0.3) is 10.8 Å². The number of fused-ring (bicyclic) bond motifs is 1. The average molecular weight is 249 g/mol. The Morgan fingerprint density at radius 3 is 2.59 bits per heavy atom. The fraction of sp³-hybridized carbons (Fsp3) is 0.0769. The van der Waals surface area contributed by atoms with Crippen molar-refractivity contribution in [1.29, 1.82) is 0 Å². The van der Waals surface area contributed by atoms with Crippen molar-refractivity contribution in [2.45, 2.75) is 0 Å². The molecule has 0 radical (unpaired) electrons. The quantitative estimate of drug-likeness (QED) is 0.606. The highest BCUT2D eigenvalue weighted by molar-refractivity contribution is 6.68. The second kappa shape index (κ2) is 4.55. The minimum absolute atomic E-state index is 0.384. The summed E-state index contributed by atoms with van der Waals surface area (Å²) >= 11 is 5.49. The van der Waals surface area contributed by atoms with Crippen molar-refractivity contribution in [1.82, 2.24) is 0 Å². The lowest BCUT2D eigenvalue weighted by Gasteiger charge is -2.04. The summed E-state index contributed by atoms with van der Waals surface area (Å²) in [4.78, 5) is 22.7. The van der Waals surface area contributed by atoms with Crippen LogP contribution in [0.5, 0.6) is 0 Å². The third kappa shape index (κ3) is 2.15. The van der Waals surface area contributed by atoms with E-state index >= 15 is 0 Å². The zero-order valence-corrected chi connectivity index (χ0v) is 9.82. The van der Waals surface area contributed by atoms with Gasteiger partial charge in [0, 0.05) is 5.56 Å². The molecule has 0 atom stereocenters. The summed E-state index contributed by atoms with van der Waals surface area (Å²) in [6, 6.07) is 10.2. The van der Waals surface area contributed by atoms with Crippen molar-refractivity contribution >= 4 is 33.6 Å². The van der Waals surface area contributed by atoms with Crippen LogP contribution in [-0.4, -0.2) is 18.3 Å². The van der Waals surface area contributed by atoms with E-state index in [1.54, 1.807) is 30.3 Å². The molecule has 0 amide bonds. The lowest BCUT2D eigenvalue weighted by molar-refractivity contribution is 0.0600. The highest BCUT2D eigenvalue weighted by Crippen LogP contribution is 2.22. The molecule has 0 saturated heterocycles. The highest BCUT2D eigenvalue weighted by atomic mass is 35.5. The van der Waals surface area contributed by atoms with Crippen LogP contribution in [0.15, 0.2) is 36.4 Å². The Kier molecular flexibility index (Phi) is 3.11. The smallest absolute Gasteiger partial charge is 0.337 e. The van der Waals surface area contributed by atoms with Crippen LogP contribution in [0.2, 0.25) is 0 Å². The zero-order valence-electron chi connectivity index (χ0n) is 9.07. The highest BCUT2D eigenvalue weighted by Gasteiger charge is 2.10. The third-order valence-corrected chi connectivity index (χ3v) is 2.72. The van der Waals surface area contributed by atoms with Gasteiger partial charge < -0.3 is 4.74 Å². The van der Waals surface area contributed by atoms with Crippen LogP contribution in [0.1, 0.15) is 20.7 Å². The minimum atomic E-state index is -0.544. The van der Waals surface area contributed by atoms with Crippen LogP contribution in [-0.2, 0) is 4.74 Å². The topological polar surface area (TPSA) is 43.4 Å². The van der Waals surface area contributed by atoms with E-state index in [-0.39, 0.29) is 0 Å². The number of benzene rings is 2. The molecular formula is C13H9ClO3.